The molecule has 0 saturated heterocycles. The van der Waals surface area contributed by atoms with E-state index in [2.05, 4.69) is 59.7 Å². The number of guanidine groups is 1. The van der Waals surface area contributed by atoms with E-state index < -0.39 is 0 Å². The number of nitrogens with zero attached hydrogens (tertiary/aromatic N) is 3. The first-order valence-electron chi connectivity index (χ1n) is 10.1. The maximum atomic E-state index is 5.97. The van der Waals surface area contributed by atoms with Crippen LogP contribution in [0.2, 0.25) is 0 Å². The van der Waals surface area contributed by atoms with Gasteiger partial charge in [-0.3, -0.25) is 9.67 Å². The van der Waals surface area contributed by atoms with Crippen LogP contribution in [-0.2, 0) is 33.0 Å². The fourth-order valence-corrected chi connectivity index (χ4v) is 3.34. The maximum Gasteiger partial charge on any atom is 0.191 e. The SMILES string of the molecule is CCc1nn(C)c(CC)c1CNC(=NC)NCc1ccc(C)cc1OC(C)C. The van der Waals surface area contributed by atoms with E-state index in [0.29, 0.717) is 13.1 Å². The van der Waals surface area contributed by atoms with Gasteiger partial charge in [-0.1, -0.05) is 26.0 Å². The van der Waals surface area contributed by atoms with Crippen LogP contribution in [-0.4, -0.2) is 28.9 Å². The van der Waals surface area contributed by atoms with Gasteiger partial charge in [0.1, 0.15) is 5.75 Å². The molecular weight excluding hydrogens is 350 g/mol. The Labute approximate surface area is 169 Å². The third kappa shape index (κ3) is 5.50. The number of ether oxygens (including phenoxy) is 1. The van der Waals surface area contributed by atoms with Crippen LogP contribution in [0.15, 0.2) is 23.2 Å². The molecule has 0 radical (unpaired) electrons. The molecule has 2 aromatic rings. The molecular formula is C22H35N5O. The van der Waals surface area contributed by atoms with Crippen molar-refractivity contribution in [2.24, 2.45) is 12.0 Å². The lowest BCUT2D eigenvalue weighted by Gasteiger charge is -2.17. The molecule has 0 bridgehead atoms. The van der Waals surface area contributed by atoms with Crippen molar-refractivity contribution in [3.8, 4) is 5.75 Å². The van der Waals surface area contributed by atoms with Gasteiger partial charge in [0.05, 0.1) is 11.8 Å². The number of aromatic nitrogens is 2. The Bertz CT molecular complexity index is 807. The molecule has 1 aromatic heterocycles. The summed E-state index contributed by atoms with van der Waals surface area (Å²) in [5.74, 6) is 1.69. The summed E-state index contributed by atoms with van der Waals surface area (Å²) in [5, 5.41) is 11.5. The monoisotopic (exact) mass is 385 g/mol. The highest BCUT2D eigenvalue weighted by molar-refractivity contribution is 5.79. The zero-order valence-corrected chi connectivity index (χ0v) is 18.4. The summed E-state index contributed by atoms with van der Waals surface area (Å²) < 4.78 is 7.97. The van der Waals surface area contributed by atoms with Crippen molar-refractivity contribution in [3.63, 3.8) is 0 Å². The Kier molecular flexibility index (Phi) is 7.91. The van der Waals surface area contributed by atoms with Crippen LogP contribution in [0.5, 0.6) is 5.75 Å². The Morgan fingerprint density at radius 1 is 1.18 bits per heavy atom. The zero-order chi connectivity index (χ0) is 20.7. The smallest absolute Gasteiger partial charge is 0.191 e. The summed E-state index contributed by atoms with van der Waals surface area (Å²) in [6.45, 7) is 11.8. The highest BCUT2D eigenvalue weighted by atomic mass is 16.5. The van der Waals surface area contributed by atoms with Crippen molar-refractivity contribution >= 4 is 5.96 Å². The van der Waals surface area contributed by atoms with Gasteiger partial charge in [0, 0.05) is 44.0 Å². The molecule has 0 unspecified atom stereocenters. The van der Waals surface area contributed by atoms with E-state index >= 15 is 0 Å². The van der Waals surface area contributed by atoms with Gasteiger partial charge >= 0.3 is 0 Å². The molecule has 28 heavy (non-hydrogen) atoms. The summed E-state index contributed by atoms with van der Waals surface area (Å²) in [6, 6.07) is 6.31. The fraction of sp³-hybridized carbons (Fsp3) is 0.545. The molecule has 0 amide bonds. The molecule has 154 valence electrons. The molecule has 0 fully saturated rings. The number of rotatable bonds is 8. The van der Waals surface area contributed by atoms with Crippen molar-refractivity contribution in [2.45, 2.75) is 66.7 Å². The number of hydrogen-bond acceptors (Lipinski definition) is 3. The normalized spacial score (nSPS) is 11.8. The van der Waals surface area contributed by atoms with Crippen LogP contribution >= 0.6 is 0 Å². The lowest BCUT2D eigenvalue weighted by molar-refractivity contribution is 0.239. The molecule has 6 nitrogen and oxygen atoms in total. The van der Waals surface area contributed by atoms with E-state index in [4.69, 9.17) is 4.74 Å². The lowest BCUT2D eigenvalue weighted by atomic mass is 10.1. The summed E-state index contributed by atoms with van der Waals surface area (Å²) in [6.07, 6.45) is 2.03. The van der Waals surface area contributed by atoms with Crippen LogP contribution in [0.1, 0.15) is 55.8 Å². The molecule has 2 N–H and O–H groups in total. The van der Waals surface area contributed by atoms with E-state index in [-0.39, 0.29) is 6.10 Å². The predicted octanol–water partition coefficient (Wildman–Crippen LogP) is 3.51. The second-order valence-corrected chi connectivity index (χ2v) is 7.26. The Morgan fingerprint density at radius 3 is 2.50 bits per heavy atom. The number of aryl methyl sites for hydroxylation is 3. The van der Waals surface area contributed by atoms with Gasteiger partial charge in [-0.15, -0.1) is 0 Å². The number of hydrogen-bond donors (Lipinski definition) is 2. The van der Waals surface area contributed by atoms with E-state index in [9.17, 15) is 0 Å². The Morgan fingerprint density at radius 2 is 1.89 bits per heavy atom. The topological polar surface area (TPSA) is 63.5 Å². The standard InChI is InChI=1S/C22H35N5O/c1-8-19-18(20(9-2)27(7)26-19)14-25-22(23-6)24-13-17-11-10-16(5)12-21(17)28-15(3)4/h10-12,15H,8-9,13-14H2,1-7H3,(H2,23,24,25). The van der Waals surface area contributed by atoms with Gasteiger partial charge in [0.25, 0.3) is 0 Å². The molecule has 0 spiro atoms. The largest absolute Gasteiger partial charge is 0.491 e. The molecule has 1 aromatic carbocycles. The average molecular weight is 386 g/mol. The summed E-state index contributed by atoms with van der Waals surface area (Å²) >= 11 is 0. The van der Waals surface area contributed by atoms with Crippen molar-refractivity contribution in [1.29, 1.82) is 0 Å². The lowest BCUT2D eigenvalue weighted by Crippen LogP contribution is -2.36. The van der Waals surface area contributed by atoms with Gasteiger partial charge in [0.15, 0.2) is 5.96 Å². The van der Waals surface area contributed by atoms with Crippen LogP contribution in [0.3, 0.4) is 0 Å². The number of aliphatic imine (C=N–C) groups is 1. The highest BCUT2D eigenvalue weighted by Gasteiger charge is 2.14. The maximum absolute atomic E-state index is 5.97. The average Bonchev–Trinajstić information content (AvgIpc) is 2.97. The Hall–Kier alpha value is -2.50. The minimum absolute atomic E-state index is 0.142. The zero-order valence-electron chi connectivity index (χ0n) is 18.4. The van der Waals surface area contributed by atoms with Gasteiger partial charge in [-0.05, 0) is 45.2 Å². The molecule has 1 heterocycles. The minimum Gasteiger partial charge on any atom is -0.491 e. The van der Waals surface area contributed by atoms with E-state index in [1.807, 2.05) is 25.6 Å². The first-order chi connectivity index (χ1) is 13.4. The van der Waals surface area contributed by atoms with E-state index in [1.54, 1.807) is 7.05 Å². The van der Waals surface area contributed by atoms with Gasteiger partial charge < -0.3 is 15.4 Å². The van der Waals surface area contributed by atoms with Crippen LogP contribution < -0.4 is 15.4 Å². The molecule has 0 aliphatic carbocycles. The third-order valence-corrected chi connectivity index (χ3v) is 4.72. The van der Waals surface area contributed by atoms with E-state index in [1.165, 1.54) is 16.8 Å². The van der Waals surface area contributed by atoms with Crippen LogP contribution in [0, 0.1) is 6.92 Å². The quantitative estimate of drug-likeness (QED) is 0.539. The third-order valence-electron chi connectivity index (χ3n) is 4.72. The molecule has 0 atom stereocenters. The van der Waals surface area contributed by atoms with Crippen molar-refractivity contribution in [3.05, 3.63) is 46.3 Å². The highest BCUT2D eigenvalue weighted by Crippen LogP contribution is 2.21. The fourth-order valence-electron chi connectivity index (χ4n) is 3.34. The summed E-state index contributed by atoms with van der Waals surface area (Å²) in [5.41, 5.74) is 6.00. The molecule has 2 rings (SSSR count). The number of nitrogens with one attached hydrogen (secondary N) is 2. The molecule has 0 aliphatic rings. The summed E-state index contributed by atoms with van der Waals surface area (Å²) in [7, 11) is 3.81. The molecule has 0 saturated carbocycles. The van der Waals surface area contributed by atoms with Gasteiger partial charge in [-0.25, -0.2) is 0 Å². The van der Waals surface area contributed by atoms with Crippen molar-refractivity contribution in [2.75, 3.05) is 7.05 Å². The predicted molar refractivity (Wildman–Crippen MR) is 116 cm³/mol. The summed E-state index contributed by atoms with van der Waals surface area (Å²) in [4.78, 5) is 4.37. The second-order valence-electron chi connectivity index (χ2n) is 7.26. The van der Waals surface area contributed by atoms with Gasteiger partial charge in [-0.2, -0.15) is 5.10 Å². The van der Waals surface area contributed by atoms with Gasteiger partial charge in [0.2, 0.25) is 0 Å². The first-order valence-corrected chi connectivity index (χ1v) is 10.1. The van der Waals surface area contributed by atoms with E-state index in [0.717, 1.165) is 35.8 Å². The molecule has 0 aliphatic heterocycles. The van der Waals surface area contributed by atoms with Crippen molar-refractivity contribution in [1.82, 2.24) is 20.4 Å². The van der Waals surface area contributed by atoms with Crippen LogP contribution in [0.25, 0.3) is 0 Å². The second kappa shape index (κ2) is 10.2. The van der Waals surface area contributed by atoms with Crippen molar-refractivity contribution < 1.29 is 4.74 Å². The Balaban J connectivity index is 2.05. The van der Waals surface area contributed by atoms with Crippen LogP contribution in [0.4, 0.5) is 0 Å². The number of benzene rings is 1. The first kappa shape index (κ1) is 21.8. The molecule has 6 heteroatoms. The minimum atomic E-state index is 0.142.